The summed E-state index contributed by atoms with van der Waals surface area (Å²) in [5, 5.41) is 10.2. The third-order valence-corrected chi connectivity index (χ3v) is 2.70. The zero-order chi connectivity index (χ0) is 10.7. The Kier molecular flexibility index (Phi) is 4.76. The molecular formula is C10H17ClN4O. The summed E-state index contributed by atoms with van der Waals surface area (Å²) in [7, 11) is 0. The van der Waals surface area contributed by atoms with Crippen LogP contribution in [0.5, 0.6) is 0 Å². The number of hydrogen-bond acceptors (Lipinski definition) is 3. The first-order valence-electron chi connectivity index (χ1n) is 5.34. The number of halogens is 1. The number of rotatable bonds is 3. The van der Waals surface area contributed by atoms with Crippen LogP contribution in [0.2, 0.25) is 0 Å². The van der Waals surface area contributed by atoms with Crippen molar-refractivity contribution in [2.75, 3.05) is 18.4 Å². The topological polar surface area (TPSA) is 59.0 Å². The lowest BCUT2D eigenvalue weighted by Gasteiger charge is -2.10. The van der Waals surface area contributed by atoms with Gasteiger partial charge in [-0.2, -0.15) is 5.10 Å². The van der Waals surface area contributed by atoms with E-state index >= 15 is 0 Å². The highest BCUT2D eigenvalue weighted by Crippen LogP contribution is 2.12. The molecule has 2 rings (SSSR count). The van der Waals surface area contributed by atoms with Crippen molar-refractivity contribution < 1.29 is 4.79 Å². The highest BCUT2D eigenvalue weighted by atomic mass is 35.5. The summed E-state index contributed by atoms with van der Waals surface area (Å²) in [5.41, 5.74) is 0. The molecule has 0 aliphatic carbocycles. The predicted molar refractivity (Wildman–Crippen MR) is 64.8 cm³/mol. The molecule has 1 aromatic heterocycles. The molecule has 1 aromatic rings. The molecule has 90 valence electrons. The predicted octanol–water partition coefficient (Wildman–Crippen LogP) is 0.873. The number of aromatic nitrogens is 2. The molecule has 0 radical (unpaired) electrons. The van der Waals surface area contributed by atoms with Crippen LogP contribution in [0.15, 0.2) is 12.3 Å². The van der Waals surface area contributed by atoms with Gasteiger partial charge in [-0.15, -0.1) is 12.4 Å². The first-order valence-corrected chi connectivity index (χ1v) is 5.34. The molecule has 1 aliphatic rings. The van der Waals surface area contributed by atoms with Crippen molar-refractivity contribution in [2.24, 2.45) is 5.92 Å². The molecule has 0 saturated carbocycles. The normalized spacial score (nSPS) is 19.2. The van der Waals surface area contributed by atoms with E-state index in [-0.39, 0.29) is 24.2 Å². The van der Waals surface area contributed by atoms with Gasteiger partial charge in [-0.05, 0) is 19.9 Å². The van der Waals surface area contributed by atoms with Crippen LogP contribution in [0, 0.1) is 5.92 Å². The van der Waals surface area contributed by atoms with Gasteiger partial charge in [-0.3, -0.25) is 4.79 Å². The summed E-state index contributed by atoms with van der Waals surface area (Å²) >= 11 is 0. The molecule has 6 heteroatoms. The summed E-state index contributed by atoms with van der Waals surface area (Å²) in [6, 6.07) is 1.82. The van der Waals surface area contributed by atoms with E-state index in [4.69, 9.17) is 0 Å². The number of nitrogens with one attached hydrogen (secondary N) is 2. The van der Waals surface area contributed by atoms with Crippen LogP contribution in [0.4, 0.5) is 5.82 Å². The van der Waals surface area contributed by atoms with Crippen LogP contribution >= 0.6 is 12.4 Å². The van der Waals surface area contributed by atoms with Gasteiger partial charge in [0.2, 0.25) is 5.91 Å². The second kappa shape index (κ2) is 5.86. The fraction of sp³-hybridized carbons (Fsp3) is 0.600. The van der Waals surface area contributed by atoms with E-state index in [0.29, 0.717) is 0 Å². The smallest absolute Gasteiger partial charge is 0.229 e. The fourth-order valence-electron chi connectivity index (χ4n) is 1.80. The third kappa shape index (κ3) is 2.74. The molecule has 0 aromatic carbocycles. The second-order valence-electron chi connectivity index (χ2n) is 3.71. The zero-order valence-corrected chi connectivity index (χ0v) is 10.1. The summed E-state index contributed by atoms with van der Waals surface area (Å²) in [4.78, 5) is 11.8. The lowest BCUT2D eigenvalue weighted by Crippen LogP contribution is -2.25. The number of anilines is 1. The van der Waals surface area contributed by atoms with Crippen LogP contribution in [-0.2, 0) is 11.3 Å². The Morgan fingerprint density at radius 2 is 2.56 bits per heavy atom. The van der Waals surface area contributed by atoms with E-state index in [1.807, 2.05) is 13.0 Å². The van der Waals surface area contributed by atoms with Gasteiger partial charge in [0.1, 0.15) is 5.82 Å². The molecule has 2 heterocycles. The molecule has 1 atom stereocenters. The molecule has 1 fully saturated rings. The molecule has 1 amide bonds. The van der Waals surface area contributed by atoms with Gasteiger partial charge in [0.05, 0.1) is 12.1 Å². The van der Waals surface area contributed by atoms with Crippen molar-refractivity contribution in [2.45, 2.75) is 19.9 Å². The van der Waals surface area contributed by atoms with Gasteiger partial charge in [-0.1, -0.05) is 0 Å². The average Bonchev–Trinajstić information content (AvgIpc) is 2.87. The Morgan fingerprint density at radius 3 is 3.19 bits per heavy atom. The Balaban J connectivity index is 0.00000128. The van der Waals surface area contributed by atoms with Crippen LogP contribution < -0.4 is 10.6 Å². The van der Waals surface area contributed by atoms with Crippen molar-refractivity contribution in [3.05, 3.63) is 12.3 Å². The summed E-state index contributed by atoms with van der Waals surface area (Å²) < 4.78 is 1.78. The standard InChI is InChI=1S/C10H16N4O.ClH/c1-2-14-9(4-6-12-14)13-10(15)8-3-5-11-7-8;/h4,6,8,11H,2-3,5,7H2,1H3,(H,13,15);1H/t8-;/m1./s1. The maximum Gasteiger partial charge on any atom is 0.229 e. The fourth-order valence-corrected chi connectivity index (χ4v) is 1.80. The largest absolute Gasteiger partial charge is 0.316 e. The first-order chi connectivity index (χ1) is 7.31. The summed E-state index contributed by atoms with van der Waals surface area (Å²) in [6.07, 6.45) is 2.62. The monoisotopic (exact) mass is 244 g/mol. The van der Waals surface area contributed by atoms with E-state index in [0.717, 1.165) is 31.9 Å². The average molecular weight is 245 g/mol. The quantitative estimate of drug-likeness (QED) is 0.830. The van der Waals surface area contributed by atoms with Gasteiger partial charge < -0.3 is 10.6 Å². The maximum absolute atomic E-state index is 11.8. The van der Waals surface area contributed by atoms with Crippen molar-refractivity contribution in [3.8, 4) is 0 Å². The number of aryl methyl sites for hydroxylation is 1. The Hall–Kier alpha value is -1.07. The lowest BCUT2D eigenvalue weighted by atomic mass is 10.1. The first kappa shape index (κ1) is 13.0. The summed E-state index contributed by atoms with van der Waals surface area (Å²) in [6.45, 7) is 4.49. The molecule has 5 nitrogen and oxygen atoms in total. The Labute approximate surface area is 101 Å². The maximum atomic E-state index is 11.8. The molecule has 0 spiro atoms. The van der Waals surface area contributed by atoms with Gasteiger partial charge in [0.15, 0.2) is 0 Å². The minimum atomic E-state index is 0. The van der Waals surface area contributed by atoms with Crippen LogP contribution in [0.3, 0.4) is 0 Å². The lowest BCUT2D eigenvalue weighted by molar-refractivity contribution is -0.119. The molecule has 1 saturated heterocycles. The van der Waals surface area contributed by atoms with Gasteiger partial charge >= 0.3 is 0 Å². The SMILES string of the molecule is CCn1nccc1NC(=O)[C@@H]1CCNC1.Cl. The molecule has 0 bridgehead atoms. The van der Waals surface area contributed by atoms with Gasteiger partial charge in [-0.25, -0.2) is 4.68 Å². The van der Waals surface area contributed by atoms with Crippen molar-refractivity contribution in [3.63, 3.8) is 0 Å². The van der Waals surface area contributed by atoms with E-state index in [1.54, 1.807) is 10.9 Å². The molecular weight excluding hydrogens is 228 g/mol. The minimum Gasteiger partial charge on any atom is -0.316 e. The minimum absolute atomic E-state index is 0. The number of amides is 1. The van der Waals surface area contributed by atoms with Crippen molar-refractivity contribution >= 4 is 24.1 Å². The van der Waals surface area contributed by atoms with E-state index in [2.05, 4.69) is 15.7 Å². The zero-order valence-electron chi connectivity index (χ0n) is 9.27. The highest BCUT2D eigenvalue weighted by molar-refractivity contribution is 5.92. The number of hydrogen-bond donors (Lipinski definition) is 2. The Morgan fingerprint density at radius 1 is 1.75 bits per heavy atom. The summed E-state index contributed by atoms with van der Waals surface area (Å²) in [5.74, 6) is 0.981. The van der Waals surface area contributed by atoms with Crippen LogP contribution in [0.1, 0.15) is 13.3 Å². The number of carbonyl (C=O) groups excluding carboxylic acids is 1. The van der Waals surface area contributed by atoms with Crippen molar-refractivity contribution in [1.29, 1.82) is 0 Å². The van der Waals surface area contributed by atoms with E-state index in [1.165, 1.54) is 0 Å². The highest BCUT2D eigenvalue weighted by Gasteiger charge is 2.22. The number of nitrogens with zero attached hydrogens (tertiary/aromatic N) is 2. The van der Waals surface area contributed by atoms with Crippen LogP contribution in [-0.4, -0.2) is 28.8 Å². The van der Waals surface area contributed by atoms with E-state index < -0.39 is 0 Å². The molecule has 16 heavy (non-hydrogen) atoms. The second-order valence-corrected chi connectivity index (χ2v) is 3.71. The van der Waals surface area contributed by atoms with Gasteiger partial charge in [0.25, 0.3) is 0 Å². The van der Waals surface area contributed by atoms with Gasteiger partial charge in [0, 0.05) is 19.2 Å². The van der Waals surface area contributed by atoms with Crippen molar-refractivity contribution in [1.82, 2.24) is 15.1 Å². The third-order valence-electron chi connectivity index (χ3n) is 2.70. The molecule has 1 aliphatic heterocycles. The Bertz CT molecular complexity index is 346. The molecule has 0 unspecified atom stereocenters. The van der Waals surface area contributed by atoms with Crippen LogP contribution in [0.25, 0.3) is 0 Å². The number of carbonyl (C=O) groups is 1. The molecule has 2 N–H and O–H groups in total. The van der Waals surface area contributed by atoms with E-state index in [9.17, 15) is 4.79 Å².